The van der Waals surface area contributed by atoms with Crippen molar-refractivity contribution >= 4 is 17.4 Å². The fourth-order valence-electron chi connectivity index (χ4n) is 0.278. The molecule has 1 aromatic rings. The van der Waals surface area contributed by atoms with Crippen molar-refractivity contribution in [1.29, 1.82) is 0 Å². The van der Waals surface area contributed by atoms with Crippen LogP contribution in [0.4, 0.5) is 0 Å². The van der Waals surface area contributed by atoms with Gasteiger partial charge in [-0.3, -0.25) is 0 Å². The van der Waals surface area contributed by atoms with Crippen LogP contribution in [-0.2, 0) is 19.5 Å². The number of nitrogens with one attached hydrogen (secondary N) is 1. The van der Waals surface area contributed by atoms with Crippen molar-refractivity contribution in [2.24, 2.45) is 0 Å². The van der Waals surface area contributed by atoms with Gasteiger partial charge >= 0.3 is 0 Å². The minimum absolute atomic E-state index is 0. The minimum atomic E-state index is 0. The zero-order valence-electron chi connectivity index (χ0n) is 4.09. The molecule has 0 aliphatic rings. The summed E-state index contributed by atoms with van der Waals surface area (Å²) < 4.78 is 0. The molecular weight excluding hydrogens is 154 g/mol. The molecule has 1 aromatic heterocycles. The third kappa shape index (κ3) is 4.29. The van der Waals surface area contributed by atoms with Gasteiger partial charge < -0.3 is 4.98 Å². The van der Waals surface area contributed by atoms with E-state index in [1.807, 2.05) is 24.5 Å². The second-order valence-electron chi connectivity index (χ2n) is 0.885. The Morgan fingerprint density at radius 3 is 1.57 bits per heavy atom. The van der Waals surface area contributed by atoms with Crippen LogP contribution in [0.15, 0.2) is 24.5 Å². The van der Waals surface area contributed by atoms with Crippen molar-refractivity contribution in [1.82, 2.24) is 4.98 Å². The van der Waals surface area contributed by atoms with E-state index >= 15 is 0 Å². The summed E-state index contributed by atoms with van der Waals surface area (Å²) in [5.41, 5.74) is 0. The second kappa shape index (κ2) is 6.44. The summed E-state index contributed by atoms with van der Waals surface area (Å²) in [6.45, 7) is 0. The molecule has 0 aromatic carbocycles. The molecule has 3 heteroatoms. The molecule has 0 saturated carbocycles. The number of rotatable bonds is 0. The third-order valence-electron chi connectivity index (χ3n) is 0.496. The largest absolute Gasteiger partial charge is 0.368 e. The molecule has 0 fully saturated rings. The quantitative estimate of drug-likeness (QED) is 0.535. The maximum atomic E-state index is 2.86. The maximum Gasteiger partial charge on any atom is 0.000496 e. The summed E-state index contributed by atoms with van der Waals surface area (Å²) in [6.07, 6.45) is 3.75. The molecule has 0 spiro atoms. The topological polar surface area (TPSA) is 15.8 Å². The van der Waals surface area contributed by atoms with Crippen LogP contribution in [0.2, 0.25) is 0 Å². The first-order valence-corrected chi connectivity index (χ1v) is 1.58. The van der Waals surface area contributed by atoms with Crippen molar-refractivity contribution in [3.05, 3.63) is 24.5 Å². The SMILES string of the molecule is [Al].[Zn].c1cc[nH]c1. The normalized spacial score (nSPS) is 5.71. The Morgan fingerprint density at radius 1 is 1.00 bits per heavy atom. The van der Waals surface area contributed by atoms with Gasteiger partial charge in [0.1, 0.15) is 0 Å². The van der Waals surface area contributed by atoms with Crippen molar-refractivity contribution in [3.63, 3.8) is 0 Å². The molecule has 31 valence electrons. The van der Waals surface area contributed by atoms with Crippen molar-refractivity contribution < 1.29 is 19.5 Å². The zero-order valence-corrected chi connectivity index (χ0v) is 8.22. The summed E-state index contributed by atoms with van der Waals surface area (Å²) in [4.78, 5) is 2.86. The molecule has 1 rings (SSSR count). The van der Waals surface area contributed by atoms with Crippen LogP contribution in [0, 0.1) is 0 Å². The zero-order chi connectivity index (χ0) is 3.54. The summed E-state index contributed by atoms with van der Waals surface area (Å²) in [6, 6.07) is 3.89. The van der Waals surface area contributed by atoms with E-state index in [2.05, 4.69) is 4.98 Å². The Labute approximate surface area is 66.4 Å². The molecular formula is C4H5AlNZn. The van der Waals surface area contributed by atoms with Crippen molar-refractivity contribution in [2.75, 3.05) is 0 Å². The van der Waals surface area contributed by atoms with Gasteiger partial charge in [0.05, 0.1) is 0 Å². The summed E-state index contributed by atoms with van der Waals surface area (Å²) in [5.74, 6) is 0. The first kappa shape index (κ1) is 10.4. The van der Waals surface area contributed by atoms with Crippen LogP contribution in [0.1, 0.15) is 0 Å². The summed E-state index contributed by atoms with van der Waals surface area (Å²) in [5, 5.41) is 0. The number of hydrogen-bond acceptors (Lipinski definition) is 0. The van der Waals surface area contributed by atoms with E-state index in [0.29, 0.717) is 0 Å². The first-order valence-electron chi connectivity index (χ1n) is 1.58. The maximum absolute atomic E-state index is 2.86. The van der Waals surface area contributed by atoms with Gasteiger partial charge in [-0.05, 0) is 12.1 Å². The average molecular weight is 159 g/mol. The Balaban J connectivity index is 0. The van der Waals surface area contributed by atoms with E-state index in [9.17, 15) is 0 Å². The van der Waals surface area contributed by atoms with Crippen molar-refractivity contribution in [3.8, 4) is 0 Å². The predicted octanol–water partition coefficient (Wildman–Crippen LogP) is 0.631. The molecule has 0 atom stereocenters. The molecule has 1 nitrogen and oxygen atoms in total. The minimum Gasteiger partial charge on any atom is -0.368 e. The monoisotopic (exact) mass is 158 g/mol. The average Bonchev–Trinajstić information content (AvgIpc) is 1.76. The predicted molar refractivity (Wildman–Crippen MR) is 26.5 cm³/mol. The van der Waals surface area contributed by atoms with Gasteiger partial charge in [-0.2, -0.15) is 0 Å². The molecule has 0 aliphatic carbocycles. The molecule has 3 radical (unpaired) electrons. The van der Waals surface area contributed by atoms with E-state index < -0.39 is 0 Å². The van der Waals surface area contributed by atoms with E-state index in [1.165, 1.54) is 0 Å². The molecule has 0 unspecified atom stereocenters. The molecule has 0 amide bonds. The molecule has 0 saturated heterocycles. The number of H-pyrrole nitrogens is 1. The van der Waals surface area contributed by atoms with E-state index in [-0.39, 0.29) is 36.8 Å². The Hall–Kier alpha value is 0.436. The molecule has 1 N–H and O–H groups in total. The number of aromatic amines is 1. The van der Waals surface area contributed by atoms with Crippen molar-refractivity contribution in [2.45, 2.75) is 0 Å². The van der Waals surface area contributed by atoms with Crippen LogP contribution in [0.5, 0.6) is 0 Å². The summed E-state index contributed by atoms with van der Waals surface area (Å²) in [7, 11) is 0. The Bertz CT molecular complexity index is 68.2. The fourth-order valence-corrected chi connectivity index (χ4v) is 0.278. The van der Waals surface area contributed by atoms with Gasteiger partial charge in [0.25, 0.3) is 0 Å². The molecule has 0 bridgehead atoms. The Kier molecular flexibility index (Phi) is 9.58. The molecule has 1 heterocycles. The third-order valence-corrected chi connectivity index (χ3v) is 0.496. The molecule has 7 heavy (non-hydrogen) atoms. The molecule has 0 aliphatic heterocycles. The van der Waals surface area contributed by atoms with Crippen LogP contribution < -0.4 is 0 Å². The van der Waals surface area contributed by atoms with Gasteiger partial charge in [-0.15, -0.1) is 0 Å². The van der Waals surface area contributed by atoms with Gasteiger partial charge in [-0.25, -0.2) is 0 Å². The van der Waals surface area contributed by atoms with Gasteiger partial charge in [0.2, 0.25) is 0 Å². The van der Waals surface area contributed by atoms with E-state index in [0.717, 1.165) is 0 Å². The van der Waals surface area contributed by atoms with Gasteiger partial charge in [-0.1, -0.05) is 0 Å². The second-order valence-corrected chi connectivity index (χ2v) is 0.885. The van der Waals surface area contributed by atoms with Crippen LogP contribution in [0.3, 0.4) is 0 Å². The van der Waals surface area contributed by atoms with E-state index in [1.54, 1.807) is 0 Å². The smallest absolute Gasteiger partial charge is 0.000496 e. The fraction of sp³-hybridized carbons (Fsp3) is 0. The number of aromatic nitrogens is 1. The first-order chi connectivity index (χ1) is 2.50. The Morgan fingerprint density at radius 2 is 1.43 bits per heavy atom. The number of hydrogen-bond donors (Lipinski definition) is 1. The standard InChI is InChI=1S/C4H5N.Al.Zn/c1-2-4-5-3-1;;/h1-5H;;. The van der Waals surface area contributed by atoms with Gasteiger partial charge in [0.15, 0.2) is 0 Å². The van der Waals surface area contributed by atoms with Gasteiger partial charge in [0, 0.05) is 49.2 Å². The summed E-state index contributed by atoms with van der Waals surface area (Å²) >= 11 is 0. The van der Waals surface area contributed by atoms with Crippen LogP contribution in [0.25, 0.3) is 0 Å². The van der Waals surface area contributed by atoms with Crippen LogP contribution in [-0.4, -0.2) is 22.3 Å². The van der Waals surface area contributed by atoms with Crippen LogP contribution >= 0.6 is 0 Å². The van der Waals surface area contributed by atoms with E-state index in [4.69, 9.17) is 0 Å².